The van der Waals surface area contributed by atoms with Gasteiger partial charge in [-0.05, 0) is 34.5 Å². The van der Waals surface area contributed by atoms with Crippen LogP contribution in [0.5, 0.6) is 0 Å². The number of halogens is 1. The molecule has 0 radical (unpaired) electrons. The van der Waals surface area contributed by atoms with E-state index in [0.29, 0.717) is 6.10 Å². The molecule has 18 heavy (non-hydrogen) atoms. The van der Waals surface area contributed by atoms with Crippen molar-refractivity contribution in [3.05, 3.63) is 29.0 Å². The zero-order chi connectivity index (χ0) is 12.5. The lowest BCUT2D eigenvalue weighted by atomic mass is 10.2. The van der Waals surface area contributed by atoms with Crippen molar-refractivity contribution < 1.29 is 4.74 Å². The first-order valence-electron chi connectivity index (χ1n) is 5.96. The third-order valence-electron chi connectivity index (χ3n) is 3.34. The maximum atomic E-state index is 5.41. The van der Waals surface area contributed by atoms with Crippen LogP contribution in [-0.4, -0.2) is 36.3 Å². The molecule has 0 aliphatic carbocycles. The monoisotopic (exact) mass is 307 g/mol. The minimum atomic E-state index is 0.323. The number of rotatable bonds is 2. The number of hydrogen-bond acceptors (Lipinski definition) is 4. The predicted molar refractivity (Wildman–Crippen MR) is 74.9 cm³/mol. The van der Waals surface area contributed by atoms with Gasteiger partial charge in [0.1, 0.15) is 5.52 Å². The van der Waals surface area contributed by atoms with Gasteiger partial charge in [0.05, 0.1) is 17.3 Å². The van der Waals surface area contributed by atoms with Gasteiger partial charge < -0.3 is 9.64 Å². The van der Waals surface area contributed by atoms with Crippen molar-refractivity contribution in [2.75, 3.05) is 25.1 Å². The van der Waals surface area contributed by atoms with Crippen LogP contribution in [0.4, 0.5) is 5.69 Å². The molecule has 4 nitrogen and oxygen atoms in total. The van der Waals surface area contributed by atoms with Crippen LogP contribution in [0.2, 0.25) is 0 Å². The highest BCUT2D eigenvalue weighted by molar-refractivity contribution is 9.10. The van der Waals surface area contributed by atoms with E-state index in [1.165, 1.54) is 0 Å². The first kappa shape index (κ1) is 11.9. The van der Waals surface area contributed by atoms with E-state index in [9.17, 15) is 0 Å². The number of pyridine rings is 2. The average Bonchev–Trinajstić information content (AvgIpc) is 2.86. The van der Waals surface area contributed by atoms with E-state index >= 15 is 0 Å². The smallest absolute Gasteiger partial charge is 0.112 e. The van der Waals surface area contributed by atoms with Crippen LogP contribution in [0.3, 0.4) is 0 Å². The van der Waals surface area contributed by atoms with E-state index in [0.717, 1.165) is 40.7 Å². The SMILES string of the molecule is COC1CCN(c2ccnc3cc(Br)cnc23)C1. The molecule has 1 saturated heterocycles. The number of aromatic nitrogens is 2. The molecule has 2 aromatic rings. The minimum absolute atomic E-state index is 0.323. The Labute approximate surface area is 114 Å². The lowest BCUT2D eigenvalue weighted by molar-refractivity contribution is 0.121. The number of methoxy groups -OCH3 is 1. The lowest BCUT2D eigenvalue weighted by Gasteiger charge is -2.19. The summed E-state index contributed by atoms with van der Waals surface area (Å²) in [6, 6.07) is 4.02. The highest BCUT2D eigenvalue weighted by Gasteiger charge is 2.23. The molecule has 2 aromatic heterocycles. The second kappa shape index (κ2) is 4.82. The van der Waals surface area contributed by atoms with Crippen molar-refractivity contribution in [3.63, 3.8) is 0 Å². The van der Waals surface area contributed by atoms with Gasteiger partial charge >= 0.3 is 0 Å². The summed E-state index contributed by atoms with van der Waals surface area (Å²) >= 11 is 3.43. The van der Waals surface area contributed by atoms with Gasteiger partial charge in [0, 0.05) is 37.1 Å². The molecule has 0 N–H and O–H groups in total. The van der Waals surface area contributed by atoms with Gasteiger partial charge in [-0.25, -0.2) is 0 Å². The maximum Gasteiger partial charge on any atom is 0.112 e. The molecule has 1 atom stereocenters. The fraction of sp³-hybridized carbons (Fsp3) is 0.385. The summed E-state index contributed by atoms with van der Waals surface area (Å²) in [5.74, 6) is 0. The number of ether oxygens (including phenoxy) is 1. The predicted octanol–water partition coefficient (Wildman–Crippen LogP) is 2.62. The van der Waals surface area contributed by atoms with E-state index in [1.54, 1.807) is 7.11 Å². The topological polar surface area (TPSA) is 38.2 Å². The summed E-state index contributed by atoms with van der Waals surface area (Å²) < 4.78 is 6.36. The molecule has 0 aromatic carbocycles. The summed E-state index contributed by atoms with van der Waals surface area (Å²) in [7, 11) is 1.77. The number of anilines is 1. The largest absolute Gasteiger partial charge is 0.380 e. The van der Waals surface area contributed by atoms with Gasteiger partial charge in [-0.15, -0.1) is 0 Å². The van der Waals surface area contributed by atoms with Crippen molar-refractivity contribution in [3.8, 4) is 0 Å². The molecule has 1 aliphatic heterocycles. The van der Waals surface area contributed by atoms with Gasteiger partial charge in [0.15, 0.2) is 0 Å². The van der Waals surface area contributed by atoms with Crippen molar-refractivity contribution in [1.29, 1.82) is 0 Å². The Hall–Kier alpha value is -1.20. The molecule has 94 valence electrons. The summed E-state index contributed by atoms with van der Waals surface area (Å²) in [4.78, 5) is 11.2. The van der Waals surface area contributed by atoms with Gasteiger partial charge in [0.25, 0.3) is 0 Å². The molecule has 3 rings (SSSR count). The number of hydrogen-bond donors (Lipinski definition) is 0. The standard InChI is InChI=1S/C13H14BrN3O/c1-18-10-3-5-17(8-10)12-2-4-15-11-6-9(14)7-16-13(11)12/h2,4,6-7,10H,3,5,8H2,1H3. The van der Waals surface area contributed by atoms with Crippen molar-refractivity contribution in [2.24, 2.45) is 0 Å². The first-order chi connectivity index (χ1) is 8.78. The fourth-order valence-electron chi connectivity index (χ4n) is 2.39. The van der Waals surface area contributed by atoms with Crippen molar-refractivity contribution in [2.45, 2.75) is 12.5 Å². The Kier molecular flexibility index (Phi) is 3.18. The van der Waals surface area contributed by atoms with E-state index in [2.05, 4.69) is 30.8 Å². The summed E-state index contributed by atoms with van der Waals surface area (Å²) in [5, 5.41) is 0. The molecule has 0 amide bonds. The van der Waals surface area contributed by atoms with Gasteiger partial charge in [-0.1, -0.05) is 0 Å². The number of nitrogens with zero attached hydrogens (tertiary/aromatic N) is 3. The van der Waals surface area contributed by atoms with Crippen LogP contribution in [0.15, 0.2) is 29.0 Å². The summed E-state index contributed by atoms with van der Waals surface area (Å²) in [6.45, 7) is 1.93. The van der Waals surface area contributed by atoms with Crippen LogP contribution >= 0.6 is 15.9 Å². The lowest BCUT2D eigenvalue weighted by Crippen LogP contribution is -2.22. The molecule has 1 aliphatic rings. The number of fused-ring (bicyclic) bond motifs is 1. The normalized spacial score (nSPS) is 19.7. The van der Waals surface area contributed by atoms with E-state index in [-0.39, 0.29) is 0 Å². The summed E-state index contributed by atoms with van der Waals surface area (Å²) in [5.41, 5.74) is 3.02. The molecule has 0 bridgehead atoms. The van der Waals surface area contributed by atoms with E-state index < -0.39 is 0 Å². The Morgan fingerprint density at radius 1 is 1.44 bits per heavy atom. The molecule has 1 fully saturated rings. The van der Waals surface area contributed by atoms with Crippen LogP contribution in [-0.2, 0) is 4.74 Å². The summed E-state index contributed by atoms with van der Waals surface area (Å²) in [6.07, 6.45) is 5.05. The van der Waals surface area contributed by atoms with Crippen LogP contribution < -0.4 is 4.90 Å². The van der Waals surface area contributed by atoms with Gasteiger partial charge in [-0.2, -0.15) is 0 Å². The maximum absolute atomic E-state index is 5.41. The van der Waals surface area contributed by atoms with Crippen molar-refractivity contribution >= 4 is 32.7 Å². The molecule has 5 heteroatoms. The average molecular weight is 308 g/mol. The Morgan fingerprint density at radius 3 is 3.11 bits per heavy atom. The zero-order valence-electron chi connectivity index (χ0n) is 10.1. The first-order valence-corrected chi connectivity index (χ1v) is 6.75. The molecule has 0 spiro atoms. The minimum Gasteiger partial charge on any atom is -0.380 e. The molecular formula is C13H14BrN3O. The molecule has 3 heterocycles. The Morgan fingerprint density at radius 2 is 2.33 bits per heavy atom. The Bertz CT molecular complexity index is 575. The fourth-order valence-corrected chi connectivity index (χ4v) is 2.71. The van der Waals surface area contributed by atoms with Crippen LogP contribution in [0, 0.1) is 0 Å². The van der Waals surface area contributed by atoms with Crippen LogP contribution in [0.1, 0.15) is 6.42 Å². The van der Waals surface area contributed by atoms with Crippen molar-refractivity contribution in [1.82, 2.24) is 9.97 Å². The zero-order valence-corrected chi connectivity index (χ0v) is 11.7. The highest BCUT2D eigenvalue weighted by Crippen LogP contribution is 2.28. The quantitative estimate of drug-likeness (QED) is 0.855. The second-order valence-electron chi connectivity index (χ2n) is 4.44. The molecule has 0 saturated carbocycles. The third-order valence-corrected chi connectivity index (χ3v) is 3.78. The molecular weight excluding hydrogens is 294 g/mol. The third kappa shape index (κ3) is 2.08. The van der Waals surface area contributed by atoms with Crippen LogP contribution in [0.25, 0.3) is 11.0 Å². The second-order valence-corrected chi connectivity index (χ2v) is 5.36. The van der Waals surface area contributed by atoms with E-state index in [1.807, 2.05) is 24.5 Å². The highest BCUT2D eigenvalue weighted by atomic mass is 79.9. The van der Waals surface area contributed by atoms with E-state index in [4.69, 9.17) is 4.74 Å². The molecule has 1 unspecified atom stereocenters. The van der Waals surface area contributed by atoms with Gasteiger partial charge in [-0.3, -0.25) is 9.97 Å². The van der Waals surface area contributed by atoms with Gasteiger partial charge in [0.2, 0.25) is 0 Å². The Balaban J connectivity index is 2.02.